The van der Waals surface area contributed by atoms with Gasteiger partial charge in [-0.2, -0.15) is 0 Å². The molecule has 0 saturated heterocycles. The van der Waals surface area contributed by atoms with Crippen LogP contribution in [0.1, 0.15) is 31.4 Å². The Morgan fingerprint density at radius 3 is 2.59 bits per heavy atom. The monoisotopic (exact) mass is 236 g/mol. The van der Waals surface area contributed by atoms with E-state index in [2.05, 4.69) is 0 Å². The highest BCUT2D eigenvalue weighted by atomic mass is 16.5. The van der Waals surface area contributed by atoms with E-state index in [1.807, 2.05) is 45.9 Å². The largest absolute Gasteiger partial charge is 0.493 e. The summed E-state index contributed by atoms with van der Waals surface area (Å²) in [5, 5.41) is 8.79. The maximum absolute atomic E-state index is 10.7. The van der Waals surface area contributed by atoms with Crippen molar-refractivity contribution in [3.05, 3.63) is 29.3 Å². The Kier molecular flexibility index (Phi) is 4.16. The molecule has 0 atom stereocenters. The van der Waals surface area contributed by atoms with Crippen LogP contribution < -0.4 is 4.74 Å². The van der Waals surface area contributed by atoms with Crippen LogP contribution in [0.3, 0.4) is 0 Å². The first-order valence-corrected chi connectivity index (χ1v) is 5.72. The Balaban J connectivity index is 2.66. The third-order valence-corrected chi connectivity index (χ3v) is 2.59. The molecule has 0 bridgehead atoms. The fourth-order valence-electron chi connectivity index (χ4n) is 1.60. The van der Waals surface area contributed by atoms with Gasteiger partial charge in [0.05, 0.1) is 13.0 Å². The Morgan fingerprint density at radius 2 is 2.00 bits per heavy atom. The number of carboxylic acid groups (broad SMARTS) is 1. The normalized spacial score (nSPS) is 11.3. The van der Waals surface area contributed by atoms with Gasteiger partial charge in [-0.05, 0) is 31.0 Å². The van der Waals surface area contributed by atoms with Crippen molar-refractivity contribution in [2.75, 3.05) is 6.61 Å². The molecule has 0 radical (unpaired) electrons. The van der Waals surface area contributed by atoms with E-state index in [1.165, 1.54) is 0 Å². The molecule has 17 heavy (non-hydrogen) atoms. The number of carbonyl (C=O) groups is 1. The first kappa shape index (κ1) is 13.6. The molecule has 0 aromatic heterocycles. The lowest BCUT2D eigenvalue weighted by Crippen LogP contribution is -2.25. The van der Waals surface area contributed by atoms with Crippen LogP contribution in [0.2, 0.25) is 0 Å². The number of benzene rings is 1. The van der Waals surface area contributed by atoms with Gasteiger partial charge in [0.1, 0.15) is 5.75 Å². The highest BCUT2D eigenvalue weighted by molar-refractivity contribution is 5.67. The van der Waals surface area contributed by atoms with Crippen molar-refractivity contribution in [1.29, 1.82) is 0 Å². The van der Waals surface area contributed by atoms with Gasteiger partial charge in [0.25, 0.3) is 0 Å². The molecule has 0 aliphatic carbocycles. The number of aryl methyl sites for hydroxylation is 2. The summed E-state index contributed by atoms with van der Waals surface area (Å²) < 4.78 is 5.72. The minimum Gasteiger partial charge on any atom is -0.493 e. The molecular formula is C14H20O3. The lowest BCUT2D eigenvalue weighted by Gasteiger charge is -2.23. The van der Waals surface area contributed by atoms with Crippen molar-refractivity contribution in [2.24, 2.45) is 5.41 Å². The summed E-state index contributed by atoms with van der Waals surface area (Å²) in [6.07, 6.45) is 0.109. The molecule has 1 aromatic carbocycles. The Bertz CT molecular complexity index is 408. The minimum absolute atomic E-state index is 0.109. The predicted octanol–water partition coefficient (Wildman–Crippen LogP) is 3.18. The van der Waals surface area contributed by atoms with E-state index in [1.54, 1.807) is 0 Å². The van der Waals surface area contributed by atoms with Crippen LogP contribution >= 0.6 is 0 Å². The lowest BCUT2D eigenvalue weighted by molar-refractivity contribution is -0.139. The Morgan fingerprint density at radius 1 is 1.35 bits per heavy atom. The van der Waals surface area contributed by atoms with E-state index in [-0.39, 0.29) is 11.8 Å². The second-order valence-corrected chi connectivity index (χ2v) is 5.29. The molecule has 1 aromatic rings. The van der Waals surface area contributed by atoms with E-state index in [0.717, 1.165) is 16.9 Å². The molecule has 0 aliphatic rings. The molecule has 0 aliphatic heterocycles. The first-order valence-electron chi connectivity index (χ1n) is 5.72. The summed E-state index contributed by atoms with van der Waals surface area (Å²) >= 11 is 0. The van der Waals surface area contributed by atoms with Gasteiger partial charge < -0.3 is 9.84 Å². The van der Waals surface area contributed by atoms with E-state index in [0.29, 0.717) is 6.61 Å². The van der Waals surface area contributed by atoms with Crippen molar-refractivity contribution in [3.63, 3.8) is 0 Å². The van der Waals surface area contributed by atoms with E-state index in [9.17, 15) is 4.79 Å². The van der Waals surface area contributed by atoms with E-state index in [4.69, 9.17) is 9.84 Å². The average molecular weight is 236 g/mol. The lowest BCUT2D eigenvalue weighted by atomic mass is 9.90. The summed E-state index contributed by atoms with van der Waals surface area (Å²) in [7, 11) is 0. The summed E-state index contributed by atoms with van der Waals surface area (Å²) in [6.45, 7) is 8.19. The zero-order valence-electron chi connectivity index (χ0n) is 10.9. The molecule has 0 heterocycles. The smallest absolute Gasteiger partial charge is 0.304 e. The SMILES string of the molecule is Cc1ccc(C)c(OCC(C)(C)CC(=O)O)c1. The Labute approximate surface area is 102 Å². The van der Waals surface area contributed by atoms with Gasteiger partial charge in [0.2, 0.25) is 0 Å². The van der Waals surface area contributed by atoms with Gasteiger partial charge in [0.15, 0.2) is 0 Å². The van der Waals surface area contributed by atoms with Gasteiger partial charge in [-0.15, -0.1) is 0 Å². The standard InChI is InChI=1S/C14H20O3/c1-10-5-6-11(2)12(7-10)17-9-14(3,4)8-13(15)16/h5-7H,8-9H2,1-4H3,(H,15,16). The zero-order valence-corrected chi connectivity index (χ0v) is 10.9. The molecule has 0 spiro atoms. The molecule has 94 valence electrons. The molecular weight excluding hydrogens is 216 g/mol. The van der Waals surface area contributed by atoms with Crippen LogP contribution in [0.4, 0.5) is 0 Å². The highest BCUT2D eigenvalue weighted by Crippen LogP contribution is 2.25. The maximum Gasteiger partial charge on any atom is 0.304 e. The second kappa shape index (κ2) is 5.21. The van der Waals surface area contributed by atoms with Crippen molar-refractivity contribution in [1.82, 2.24) is 0 Å². The van der Waals surface area contributed by atoms with Crippen molar-refractivity contribution in [2.45, 2.75) is 34.1 Å². The average Bonchev–Trinajstić information content (AvgIpc) is 2.17. The number of hydrogen-bond acceptors (Lipinski definition) is 2. The van der Waals surface area contributed by atoms with Gasteiger partial charge in [-0.1, -0.05) is 26.0 Å². The number of ether oxygens (including phenoxy) is 1. The van der Waals surface area contributed by atoms with Gasteiger partial charge in [-0.25, -0.2) is 0 Å². The number of hydrogen-bond donors (Lipinski definition) is 1. The van der Waals surface area contributed by atoms with Crippen molar-refractivity contribution in [3.8, 4) is 5.75 Å². The van der Waals surface area contributed by atoms with Crippen molar-refractivity contribution >= 4 is 5.97 Å². The van der Waals surface area contributed by atoms with Gasteiger partial charge in [0, 0.05) is 5.41 Å². The third-order valence-electron chi connectivity index (χ3n) is 2.59. The zero-order chi connectivity index (χ0) is 13.1. The van der Waals surface area contributed by atoms with Crippen LogP contribution in [0.25, 0.3) is 0 Å². The molecule has 1 rings (SSSR count). The summed E-state index contributed by atoms with van der Waals surface area (Å²) in [6, 6.07) is 6.02. The number of rotatable bonds is 5. The molecule has 0 unspecified atom stereocenters. The summed E-state index contributed by atoms with van der Waals surface area (Å²) in [4.78, 5) is 10.7. The molecule has 1 N–H and O–H groups in total. The molecule has 0 fully saturated rings. The summed E-state index contributed by atoms with van der Waals surface area (Å²) in [5.74, 6) is 0.0445. The van der Waals surface area contributed by atoms with Gasteiger partial charge >= 0.3 is 5.97 Å². The Hall–Kier alpha value is -1.51. The second-order valence-electron chi connectivity index (χ2n) is 5.29. The topological polar surface area (TPSA) is 46.5 Å². The molecule has 0 saturated carbocycles. The van der Waals surface area contributed by atoms with Crippen LogP contribution in [0.15, 0.2) is 18.2 Å². The summed E-state index contributed by atoms with van der Waals surface area (Å²) in [5.41, 5.74) is 1.85. The first-order chi connectivity index (χ1) is 7.80. The van der Waals surface area contributed by atoms with E-state index >= 15 is 0 Å². The van der Waals surface area contributed by atoms with Crippen LogP contribution in [-0.2, 0) is 4.79 Å². The molecule has 3 heteroatoms. The fraction of sp³-hybridized carbons (Fsp3) is 0.500. The highest BCUT2D eigenvalue weighted by Gasteiger charge is 2.23. The fourth-order valence-corrected chi connectivity index (χ4v) is 1.60. The van der Waals surface area contributed by atoms with Crippen LogP contribution in [-0.4, -0.2) is 17.7 Å². The third kappa shape index (κ3) is 4.47. The van der Waals surface area contributed by atoms with Crippen LogP contribution in [0.5, 0.6) is 5.75 Å². The van der Waals surface area contributed by atoms with Crippen LogP contribution in [0, 0.1) is 19.3 Å². The van der Waals surface area contributed by atoms with Crippen molar-refractivity contribution < 1.29 is 14.6 Å². The van der Waals surface area contributed by atoms with Gasteiger partial charge in [-0.3, -0.25) is 4.79 Å². The predicted molar refractivity (Wildman–Crippen MR) is 67.4 cm³/mol. The number of carboxylic acids is 1. The van der Waals surface area contributed by atoms with E-state index < -0.39 is 5.97 Å². The minimum atomic E-state index is -0.792. The molecule has 3 nitrogen and oxygen atoms in total. The number of aliphatic carboxylic acids is 1. The quantitative estimate of drug-likeness (QED) is 0.854. The maximum atomic E-state index is 10.7. The molecule has 0 amide bonds.